The van der Waals surface area contributed by atoms with Gasteiger partial charge in [-0.15, -0.1) is 0 Å². The van der Waals surface area contributed by atoms with Gasteiger partial charge in [-0.3, -0.25) is 0 Å². The molecule has 0 spiro atoms. The van der Waals surface area contributed by atoms with E-state index in [1.54, 1.807) is 19.4 Å². The Hall–Kier alpha value is -3.43. The van der Waals surface area contributed by atoms with Crippen LogP contribution in [0.25, 0.3) is 22.6 Å². The van der Waals surface area contributed by atoms with Gasteiger partial charge in [-0.25, -0.2) is 24.7 Å². The number of methoxy groups -OCH3 is 1. The molecular weight excluding hydrogens is 410 g/mol. The molecule has 1 aliphatic rings. The zero-order valence-electron chi connectivity index (χ0n) is 19.0. The first-order chi connectivity index (χ1) is 15.2. The fourth-order valence-electron chi connectivity index (χ4n) is 4.60. The monoisotopic (exact) mass is 439 g/mol. The largest absolute Gasteiger partial charge is 0.481 e. The molecule has 2 atom stereocenters. The van der Waals surface area contributed by atoms with Crippen molar-refractivity contribution in [1.82, 2.24) is 29.4 Å². The van der Waals surface area contributed by atoms with Crippen molar-refractivity contribution in [2.45, 2.75) is 52.7 Å². The lowest BCUT2D eigenvalue weighted by Gasteiger charge is -2.37. The second-order valence-electron chi connectivity index (χ2n) is 8.99. The molecule has 4 heterocycles. The SMILES string of the molecule is CCn1c(-c2ccc(OC)nc2)nc2c(NC3CCN(C(=O)O)C3C(C)(C)C)ncnc21. The molecule has 10 nitrogen and oxygen atoms in total. The van der Waals surface area contributed by atoms with Crippen LogP contribution < -0.4 is 10.1 Å². The number of amides is 1. The summed E-state index contributed by atoms with van der Waals surface area (Å²) in [6, 6.07) is 3.44. The van der Waals surface area contributed by atoms with Crippen LogP contribution in [0.1, 0.15) is 34.1 Å². The number of nitrogens with one attached hydrogen (secondary N) is 1. The van der Waals surface area contributed by atoms with Gasteiger partial charge in [0.1, 0.15) is 12.2 Å². The highest BCUT2D eigenvalue weighted by atomic mass is 16.5. The molecular formula is C22H29N7O3. The van der Waals surface area contributed by atoms with Gasteiger partial charge in [-0.2, -0.15) is 0 Å². The van der Waals surface area contributed by atoms with Gasteiger partial charge < -0.3 is 24.6 Å². The molecule has 2 unspecified atom stereocenters. The van der Waals surface area contributed by atoms with E-state index in [1.165, 1.54) is 11.2 Å². The van der Waals surface area contributed by atoms with Gasteiger partial charge in [0.2, 0.25) is 5.88 Å². The van der Waals surface area contributed by atoms with Gasteiger partial charge >= 0.3 is 6.09 Å². The Morgan fingerprint density at radius 3 is 2.66 bits per heavy atom. The van der Waals surface area contributed by atoms with E-state index in [1.807, 2.05) is 17.6 Å². The molecule has 4 rings (SSSR count). The number of carbonyl (C=O) groups is 1. The molecule has 0 saturated carbocycles. The third-order valence-electron chi connectivity index (χ3n) is 5.90. The summed E-state index contributed by atoms with van der Waals surface area (Å²) in [4.78, 5) is 31.4. The summed E-state index contributed by atoms with van der Waals surface area (Å²) < 4.78 is 7.18. The predicted molar refractivity (Wildman–Crippen MR) is 121 cm³/mol. The van der Waals surface area contributed by atoms with Crippen molar-refractivity contribution in [1.29, 1.82) is 0 Å². The molecule has 0 bridgehead atoms. The molecule has 2 N–H and O–H groups in total. The quantitative estimate of drug-likeness (QED) is 0.620. The van der Waals surface area contributed by atoms with Crippen molar-refractivity contribution in [3.05, 3.63) is 24.7 Å². The molecule has 0 radical (unpaired) electrons. The maximum absolute atomic E-state index is 11.8. The predicted octanol–water partition coefficient (Wildman–Crippen LogP) is 3.50. The Morgan fingerprint density at radius 2 is 2.06 bits per heavy atom. The zero-order valence-corrected chi connectivity index (χ0v) is 19.0. The van der Waals surface area contributed by atoms with Crippen molar-refractivity contribution in [2.24, 2.45) is 5.41 Å². The molecule has 170 valence electrons. The highest BCUT2D eigenvalue weighted by Crippen LogP contribution is 2.36. The molecule has 0 aliphatic carbocycles. The summed E-state index contributed by atoms with van der Waals surface area (Å²) in [5, 5.41) is 13.2. The van der Waals surface area contributed by atoms with Crippen molar-refractivity contribution >= 4 is 23.1 Å². The maximum Gasteiger partial charge on any atom is 0.407 e. The standard InChI is InChI=1S/C22H29N7O3/c1-6-28-19(13-7-8-15(32-5)23-11-13)27-16-18(24-12-25-20(16)28)26-14-9-10-29(21(30)31)17(14)22(2,3)4/h7-8,11-12,14,17H,6,9-10H2,1-5H3,(H,30,31)(H,24,25,26). The summed E-state index contributed by atoms with van der Waals surface area (Å²) in [5.41, 5.74) is 1.99. The lowest BCUT2D eigenvalue weighted by molar-refractivity contribution is 0.103. The van der Waals surface area contributed by atoms with E-state index < -0.39 is 6.09 Å². The highest BCUT2D eigenvalue weighted by molar-refractivity contribution is 5.86. The van der Waals surface area contributed by atoms with E-state index >= 15 is 0 Å². The first-order valence-corrected chi connectivity index (χ1v) is 10.7. The molecule has 1 saturated heterocycles. The molecule has 3 aromatic heterocycles. The Bertz CT molecular complexity index is 1120. The molecule has 10 heteroatoms. The fraction of sp³-hybridized carbons (Fsp3) is 0.500. The van der Waals surface area contributed by atoms with Crippen LogP contribution in [0.4, 0.5) is 10.6 Å². The van der Waals surface area contributed by atoms with Crippen LogP contribution in [0.3, 0.4) is 0 Å². The summed E-state index contributed by atoms with van der Waals surface area (Å²) in [5.74, 6) is 1.89. The van der Waals surface area contributed by atoms with Crippen LogP contribution in [0.2, 0.25) is 0 Å². The van der Waals surface area contributed by atoms with E-state index in [2.05, 4.69) is 41.0 Å². The topological polar surface area (TPSA) is 118 Å². The lowest BCUT2D eigenvalue weighted by atomic mass is 9.82. The van der Waals surface area contributed by atoms with E-state index in [0.29, 0.717) is 36.7 Å². The van der Waals surface area contributed by atoms with Gasteiger partial charge in [-0.1, -0.05) is 20.8 Å². The van der Waals surface area contributed by atoms with Gasteiger partial charge in [0.25, 0.3) is 0 Å². The first kappa shape index (κ1) is 21.8. The Kier molecular flexibility index (Phi) is 5.62. The summed E-state index contributed by atoms with van der Waals surface area (Å²) in [7, 11) is 1.58. The van der Waals surface area contributed by atoms with Gasteiger partial charge in [0, 0.05) is 30.9 Å². The minimum atomic E-state index is -0.897. The van der Waals surface area contributed by atoms with Crippen LogP contribution >= 0.6 is 0 Å². The second-order valence-corrected chi connectivity index (χ2v) is 8.99. The molecule has 32 heavy (non-hydrogen) atoms. The van der Waals surface area contributed by atoms with Crippen LogP contribution in [-0.4, -0.2) is 66.3 Å². The number of carboxylic acid groups (broad SMARTS) is 1. The second kappa shape index (κ2) is 8.25. The zero-order chi connectivity index (χ0) is 23.0. The molecule has 1 fully saturated rings. The third-order valence-corrected chi connectivity index (χ3v) is 5.90. The number of fused-ring (bicyclic) bond motifs is 1. The smallest absolute Gasteiger partial charge is 0.407 e. The Labute approximate surface area is 186 Å². The van der Waals surface area contributed by atoms with E-state index in [0.717, 1.165) is 17.0 Å². The number of imidazole rings is 1. The Balaban J connectivity index is 1.74. The fourth-order valence-corrected chi connectivity index (χ4v) is 4.60. The maximum atomic E-state index is 11.8. The van der Waals surface area contributed by atoms with Crippen molar-refractivity contribution in [2.75, 3.05) is 19.0 Å². The van der Waals surface area contributed by atoms with E-state index in [-0.39, 0.29) is 17.5 Å². The number of hydrogen-bond acceptors (Lipinski definition) is 7. The van der Waals surface area contributed by atoms with Crippen molar-refractivity contribution in [3.63, 3.8) is 0 Å². The molecule has 1 aliphatic heterocycles. The average Bonchev–Trinajstić information content (AvgIpc) is 3.36. The van der Waals surface area contributed by atoms with Crippen LogP contribution in [0, 0.1) is 5.41 Å². The number of ether oxygens (including phenoxy) is 1. The molecule has 1 amide bonds. The number of rotatable bonds is 5. The molecule has 3 aromatic rings. The van der Waals surface area contributed by atoms with E-state index in [9.17, 15) is 9.90 Å². The lowest BCUT2D eigenvalue weighted by Crippen LogP contribution is -2.49. The summed E-state index contributed by atoms with van der Waals surface area (Å²) >= 11 is 0. The van der Waals surface area contributed by atoms with Gasteiger partial charge in [-0.05, 0) is 24.8 Å². The number of hydrogen-bond donors (Lipinski definition) is 2. The van der Waals surface area contributed by atoms with Gasteiger partial charge in [0.05, 0.1) is 19.2 Å². The number of aromatic nitrogens is 5. The van der Waals surface area contributed by atoms with Gasteiger partial charge in [0.15, 0.2) is 17.0 Å². The number of nitrogens with zero attached hydrogens (tertiary/aromatic N) is 6. The number of aryl methyl sites for hydroxylation is 1. The third kappa shape index (κ3) is 3.80. The Morgan fingerprint density at radius 1 is 1.28 bits per heavy atom. The first-order valence-electron chi connectivity index (χ1n) is 10.7. The minimum Gasteiger partial charge on any atom is -0.481 e. The summed E-state index contributed by atoms with van der Waals surface area (Å²) in [6.07, 6.45) is 3.05. The van der Waals surface area contributed by atoms with Crippen LogP contribution in [0.5, 0.6) is 5.88 Å². The molecule has 0 aromatic carbocycles. The summed E-state index contributed by atoms with van der Waals surface area (Å²) in [6.45, 7) is 9.37. The normalized spacial score (nSPS) is 18.8. The van der Waals surface area contributed by atoms with Crippen molar-refractivity contribution < 1.29 is 14.6 Å². The number of likely N-dealkylation sites (tertiary alicyclic amines) is 1. The van der Waals surface area contributed by atoms with E-state index in [4.69, 9.17) is 9.72 Å². The highest BCUT2D eigenvalue weighted by Gasteiger charge is 2.44. The van der Waals surface area contributed by atoms with Crippen LogP contribution in [0.15, 0.2) is 24.7 Å². The number of anilines is 1. The van der Waals surface area contributed by atoms with Crippen molar-refractivity contribution in [3.8, 4) is 17.3 Å². The number of pyridine rings is 1. The average molecular weight is 440 g/mol. The van der Waals surface area contributed by atoms with Crippen LogP contribution in [-0.2, 0) is 6.54 Å². The minimum absolute atomic E-state index is 0.0814.